The highest BCUT2D eigenvalue weighted by Crippen LogP contribution is 2.41. The molecule has 1 aliphatic rings. The molecule has 0 bridgehead atoms. The molecule has 0 saturated heterocycles. The number of furan rings is 1. The Kier molecular flexibility index (Phi) is 6.28. The maximum atomic E-state index is 6.53. The van der Waals surface area contributed by atoms with Crippen molar-refractivity contribution in [2.75, 3.05) is 4.90 Å². The molecular weight excluding hydrogens is 601 g/mol. The molecule has 0 radical (unpaired) electrons. The summed E-state index contributed by atoms with van der Waals surface area (Å²) in [5, 5.41) is 7.01. The van der Waals surface area contributed by atoms with Crippen LogP contribution in [0, 0.1) is 0 Å². The Bertz CT molecular complexity index is 2770. The predicted molar refractivity (Wildman–Crippen MR) is 203 cm³/mol. The Morgan fingerprint density at radius 3 is 2.06 bits per heavy atom. The van der Waals surface area contributed by atoms with Crippen molar-refractivity contribution < 1.29 is 8.83 Å². The van der Waals surface area contributed by atoms with E-state index in [0.29, 0.717) is 5.89 Å². The molecular formula is C45H30N2O2. The summed E-state index contributed by atoms with van der Waals surface area (Å²) in [5.74, 6) is 0.655. The first-order chi connectivity index (χ1) is 24.2. The Balaban J connectivity index is 1.10. The van der Waals surface area contributed by atoms with Crippen LogP contribution in [0.4, 0.5) is 17.1 Å². The zero-order valence-electron chi connectivity index (χ0n) is 26.6. The Morgan fingerprint density at radius 2 is 1.20 bits per heavy atom. The Hall–Kier alpha value is -6.39. The van der Waals surface area contributed by atoms with Gasteiger partial charge in [-0.2, -0.15) is 0 Å². The average Bonchev–Trinajstić information content (AvgIpc) is 3.75. The van der Waals surface area contributed by atoms with Gasteiger partial charge in [-0.1, -0.05) is 103 Å². The lowest BCUT2D eigenvalue weighted by molar-refractivity contribution is 0.584. The lowest BCUT2D eigenvalue weighted by Gasteiger charge is -2.26. The highest BCUT2D eigenvalue weighted by molar-refractivity contribution is 6.11. The average molecular weight is 631 g/mol. The molecule has 0 amide bonds. The van der Waals surface area contributed by atoms with Crippen LogP contribution in [0.25, 0.3) is 71.3 Å². The number of hydrogen-bond acceptors (Lipinski definition) is 4. The standard InChI is InChI=1S/C45H30N2O2/c1-3-9-29(10-4-1)30-17-19-34(20-18-30)47(35-21-23-38-33(25-35)16-15-31-11-7-8-14-37(31)38)36-22-24-39-40-27-41-44(28-43(40)48-42(39)26-36)49-45(46-41)32-12-5-2-6-13-32/h1,3-5,7-28H,2,6H2. The number of hydrogen-bond donors (Lipinski definition) is 0. The van der Waals surface area contributed by atoms with Crippen LogP contribution in [0.1, 0.15) is 18.7 Å². The molecule has 0 saturated carbocycles. The number of anilines is 3. The highest BCUT2D eigenvalue weighted by Gasteiger charge is 2.19. The second-order valence-electron chi connectivity index (χ2n) is 12.7. The van der Waals surface area contributed by atoms with Gasteiger partial charge in [0, 0.05) is 45.5 Å². The normalized spacial score (nSPS) is 13.2. The molecule has 2 aromatic heterocycles. The van der Waals surface area contributed by atoms with Gasteiger partial charge in [-0.05, 0) is 88.0 Å². The monoisotopic (exact) mass is 630 g/mol. The van der Waals surface area contributed by atoms with E-state index in [4.69, 9.17) is 13.8 Å². The fourth-order valence-electron chi connectivity index (χ4n) is 7.24. The Morgan fingerprint density at radius 1 is 0.490 bits per heavy atom. The van der Waals surface area contributed by atoms with E-state index < -0.39 is 0 Å². The molecule has 10 rings (SSSR count). The van der Waals surface area contributed by atoms with Crippen molar-refractivity contribution in [3.8, 4) is 11.1 Å². The van der Waals surface area contributed by atoms with E-state index in [1.165, 1.54) is 32.7 Å². The first-order valence-corrected chi connectivity index (χ1v) is 16.8. The minimum absolute atomic E-state index is 0.655. The molecule has 2 heterocycles. The minimum Gasteiger partial charge on any atom is -0.456 e. The molecule has 232 valence electrons. The minimum atomic E-state index is 0.655. The highest BCUT2D eigenvalue weighted by atomic mass is 16.4. The van der Waals surface area contributed by atoms with Crippen LogP contribution in [0.3, 0.4) is 0 Å². The second-order valence-corrected chi connectivity index (χ2v) is 12.7. The smallest absolute Gasteiger partial charge is 0.226 e. The van der Waals surface area contributed by atoms with Crippen molar-refractivity contribution in [1.29, 1.82) is 0 Å². The van der Waals surface area contributed by atoms with Crippen LogP contribution in [0.15, 0.2) is 167 Å². The number of allylic oxidation sites excluding steroid dienone is 4. The number of benzene rings is 7. The number of rotatable bonds is 5. The third-order valence-electron chi connectivity index (χ3n) is 9.68. The van der Waals surface area contributed by atoms with Gasteiger partial charge in [-0.15, -0.1) is 0 Å². The van der Waals surface area contributed by atoms with Crippen molar-refractivity contribution in [3.63, 3.8) is 0 Å². The predicted octanol–water partition coefficient (Wildman–Crippen LogP) is 12.9. The largest absolute Gasteiger partial charge is 0.456 e. The number of oxazole rings is 1. The molecule has 7 aromatic carbocycles. The van der Waals surface area contributed by atoms with Crippen LogP contribution in [-0.2, 0) is 0 Å². The van der Waals surface area contributed by atoms with Crippen molar-refractivity contribution in [2.45, 2.75) is 12.8 Å². The summed E-state index contributed by atoms with van der Waals surface area (Å²) < 4.78 is 12.7. The zero-order chi connectivity index (χ0) is 32.3. The molecule has 49 heavy (non-hydrogen) atoms. The second kappa shape index (κ2) is 11.1. The molecule has 0 unspecified atom stereocenters. The van der Waals surface area contributed by atoms with Gasteiger partial charge in [-0.25, -0.2) is 4.98 Å². The van der Waals surface area contributed by atoms with E-state index in [0.717, 1.165) is 68.5 Å². The van der Waals surface area contributed by atoms with Crippen molar-refractivity contribution >= 4 is 77.2 Å². The lowest BCUT2D eigenvalue weighted by Crippen LogP contribution is -2.09. The molecule has 0 fully saturated rings. The van der Waals surface area contributed by atoms with Gasteiger partial charge in [0.05, 0.1) is 0 Å². The van der Waals surface area contributed by atoms with Crippen LogP contribution >= 0.6 is 0 Å². The van der Waals surface area contributed by atoms with Crippen LogP contribution in [0.5, 0.6) is 0 Å². The maximum Gasteiger partial charge on any atom is 0.226 e. The van der Waals surface area contributed by atoms with E-state index in [1.54, 1.807) is 0 Å². The van der Waals surface area contributed by atoms with E-state index in [2.05, 4.69) is 157 Å². The molecule has 4 nitrogen and oxygen atoms in total. The third kappa shape index (κ3) is 4.72. The summed E-state index contributed by atoms with van der Waals surface area (Å²) in [4.78, 5) is 7.14. The lowest BCUT2D eigenvalue weighted by atomic mass is 10.0. The van der Waals surface area contributed by atoms with Crippen molar-refractivity contribution in [1.82, 2.24) is 4.98 Å². The molecule has 0 N–H and O–H groups in total. The van der Waals surface area contributed by atoms with E-state index in [1.807, 2.05) is 6.07 Å². The number of nitrogens with zero attached hydrogens (tertiary/aromatic N) is 2. The summed E-state index contributed by atoms with van der Waals surface area (Å²) in [6.45, 7) is 0. The van der Waals surface area contributed by atoms with E-state index in [-0.39, 0.29) is 0 Å². The van der Waals surface area contributed by atoms with Gasteiger partial charge < -0.3 is 13.7 Å². The number of aromatic nitrogens is 1. The van der Waals surface area contributed by atoms with Crippen molar-refractivity contribution in [3.05, 3.63) is 164 Å². The summed E-state index contributed by atoms with van der Waals surface area (Å²) >= 11 is 0. The fraction of sp³-hybridized carbons (Fsp3) is 0.0444. The molecule has 9 aromatic rings. The molecule has 1 aliphatic carbocycles. The summed E-state index contributed by atoms with van der Waals surface area (Å²) in [6, 6.07) is 49.6. The quantitative estimate of drug-likeness (QED) is 0.177. The van der Waals surface area contributed by atoms with E-state index >= 15 is 0 Å². The van der Waals surface area contributed by atoms with Crippen molar-refractivity contribution in [2.24, 2.45) is 0 Å². The van der Waals surface area contributed by atoms with Gasteiger partial charge >= 0.3 is 0 Å². The summed E-state index contributed by atoms with van der Waals surface area (Å²) in [6.07, 6.45) is 8.50. The molecule has 4 heteroatoms. The molecule has 0 spiro atoms. The van der Waals surface area contributed by atoms with Gasteiger partial charge in [0.15, 0.2) is 5.58 Å². The fourth-order valence-corrected chi connectivity index (χ4v) is 7.24. The summed E-state index contributed by atoms with van der Waals surface area (Å²) in [7, 11) is 0. The van der Waals surface area contributed by atoms with Crippen LogP contribution in [-0.4, -0.2) is 4.98 Å². The third-order valence-corrected chi connectivity index (χ3v) is 9.68. The SMILES string of the molecule is C1=CC(c2nc3cc4c(cc3o2)oc2cc(N(c3ccc(-c5ccccc5)cc3)c3ccc5c(ccc6ccccc65)c3)ccc24)=CCC1. The number of fused-ring (bicyclic) bond motifs is 7. The van der Waals surface area contributed by atoms with Crippen LogP contribution < -0.4 is 4.90 Å². The topological polar surface area (TPSA) is 42.4 Å². The molecule has 0 atom stereocenters. The Labute approximate surface area is 282 Å². The summed E-state index contributed by atoms with van der Waals surface area (Å²) in [5.41, 5.74) is 9.72. The molecule has 0 aliphatic heterocycles. The van der Waals surface area contributed by atoms with Crippen LogP contribution in [0.2, 0.25) is 0 Å². The maximum absolute atomic E-state index is 6.53. The van der Waals surface area contributed by atoms with Gasteiger partial charge in [-0.3, -0.25) is 0 Å². The van der Waals surface area contributed by atoms with Gasteiger partial charge in [0.25, 0.3) is 0 Å². The first kappa shape index (κ1) is 27.7. The van der Waals surface area contributed by atoms with Gasteiger partial charge in [0.1, 0.15) is 16.7 Å². The van der Waals surface area contributed by atoms with Gasteiger partial charge in [0.2, 0.25) is 5.89 Å². The van der Waals surface area contributed by atoms with E-state index in [9.17, 15) is 0 Å². The zero-order valence-corrected chi connectivity index (χ0v) is 26.6. The first-order valence-electron chi connectivity index (χ1n) is 16.8.